The molecule has 0 spiro atoms. The minimum absolute atomic E-state index is 0.288. The lowest BCUT2D eigenvalue weighted by Crippen LogP contribution is -2.14. The van der Waals surface area contributed by atoms with Crippen LogP contribution < -0.4 is 10.6 Å². The zero-order valence-corrected chi connectivity index (χ0v) is 14.5. The molecular weight excluding hydrogens is 368 g/mol. The Morgan fingerprint density at radius 2 is 1.79 bits per heavy atom. The van der Waals surface area contributed by atoms with Gasteiger partial charge in [0.15, 0.2) is 0 Å². The molecule has 24 heavy (non-hydrogen) atoms. The van der Waals surface area contributed by atoms with Gasteiger partial charge in [-0.05, 0) is 36.8 Å². The Morgan fingerprint density at radius 3 is 2.54 bits per heavy atom. The number of carbonyl (C=O) groups is 1. The number of hydrogen-bond acceptors (Lipinski definition) is 4. The zero-order chi connectivity index (χ0) is 16.9. The first-order chi connectivity index (χ1) is 11.6. The van der Waals surface area contributed by atoms with E-state index < -0.39 is 0 Å². The lowest BCUT2D eigenvalue weighted by Gasteiger charge is -2.08. The Kier molecular flexibility index (Phi) is 4.86. The van der Waals surface area contributed by atoms with Crippen molar-refractivity contribution in [3.05, 3.63) is 76.7 Å². The fourth-order valence-electron chi connectivity index (χ4n) is 2.08. The Balaban J connectivity index is 1.75. The molecular formula is C18H15BrN4O. The van der Waals surface area contributed by atoms with E-state index in [9.17, 15) is 4.79 Å². The monoisotopic (exact) mass is 382 g/mol. The van der Waals surface area contributed by atoms with Crippen molar-refractivity contribution in [3.63, 3.8) is 0 Å². The molecule has 2 N–H and O–H groups in total. The number of benzene rings is 2. The largest absolute Gasteiger partial charge is 0.340 e. The summed E-state index contributed by atoms with van der Waals surface area (Å²) in [6, 6.07) is 16.9. The maximum absolute atomic E-state index is 12.4. The van der Waals surface area contributed by atoms with Gasteiger partial charge in [0.1, 0.15) is 17.8 Å². The van der Waals surface area contributed by atoms with Crippen molar-refractivity contribution in [1.82, 2.24) is 9.97 Å². The molecule has 1 heterocycles. The Hall–Kier alpha value is -2.73. The van der Waals surface area contributed by atoms with E-state index in [0.29, 0.717) is 17.2 Å². The van der Waals surface area contributed by atoms with E-state index in [1.165, 1.54) is 6.33 Å². The van der Waals surface area contributed by atoms with Crippen LogP contribution in [0.4, 0.5) is 17.2 Å². The summed E-state index contributed by atoms with van der Waals surface area (Å²) in [5.41, 5.74) is 2.99. The van der Waals surface area contributed by atoms with Gasteiger partial charge >= 0.3 is 0 Å². The first-order valence-corrected chi connectivity index (χ1v) is 8.13. The average Bonchev–Trinajstić information content (AvgIpc) is 2.59. The molecule has 0 saturated carbocycles. The summed E-state index contributed by atoms with van der Waals surface area (Å²) < 4.78 is 0.939. The molecule has 0 atom stereocenters. The molecule has 1 aromatic heterocycles. The number of aryl methyl sites for hydroxylation is 1. The molecule has 0 unspecified atom stereocenters. The van der Waals surface area contributed by atoms with Crippen LogP contribution >= 0.6 is 15.9 Å². The van der Waals surface area contributed by atoms with E-state index in [2.05, 4.69) is 36.5 Å². The molecule has 0 fully saturated rings. The molecule has 2 aromatic carbocycles. The van der Waals surface area contributed by atoms with Gasteiger partial charge in [0.2, 0.25) is 0 Å². The van der Waals surface area contributed by atoms with Crippen molar-refractivity contribution in [2.24, 2.45) is 0 Å². The highest BCUT2D eigenvalue weighted by Gasteiger charge is 2.10. The zero-order valence-electron chi connectivity index (χ0n) is 13.0. The summed E-state index contributed by atoms with van der Waals surface area (Å²) in [5, 5.41) is 5.97. The van der Waals surface area contributed by atoms with Crippen LogP contribution in [0.5, 0.6) is 0 Å². The van der Waals surface area contributed by atoms with E-state index in [4.69, 9.17) is 0 Å². The van der Waals surface area contributed by atoms with Crippen molar-refractivity contribution < 1.29 is 4.79 Å². The fraction of sp³-hybridized carbons (Fsp3) is 0.0556. The van der Waals surface area contributed by atoms with Crippen molar-refractivity contribution in [2.45, 2.75) is 6.92 Å². The molecule has 3 aromatic rings. The minimum atomic E-state index is -0.288. The summed E-state index contributed by atoms with van der Waals surface area (Å²) >= 11 is 3.45. The highest BCUT2D eigenvalue weighted by Crippen LogP contribution is 2.21. The number of carbonyl (C=O) groups excluding carboxylic acids is 1. The molecule has 0 aliphatic carbocycles. The summed E-state index contributed by atoms with van der Waals surface area (Å²) in [6.45, 7) is 1.99. The highest BCUT2D eigenvalue weighted by molar-refractivity contribution is 9.10. The van der Waals surface area contributed by atoms with Crippen LogP contribution in [0.3, 0.4) is 0 Å². The molecule has 0 radical (unpaired) electrons. The maximum atomic E-state index is 12.4. The van der Waals surface area contributed by atoms with Crippen LogP contribution in [0.25, 0.3) is 0 Å². The molecule has 3 rings (SSSR count). The van der Waals surface area contributed by atoms with Crippen molar-refractivity contribution in [3.8, 4) is 0 Å². The van der Waals surface area contributed by atoms with Gasteiger partial charge in [0, 0.05) is 21.9 Å². The molecule has 0 bridgehead atoms. The third-order valence-corrected chi connectivity index (χ3v) is 4.23. The number of halogens is 1. The van der Waals surface area contributed by atoms with Gasteiger partial charge in [-0.25, -0.2) is 9.97 Å². The number of para-hydroxylation sites is 1. The average molecular weight is 383 g/mol. The van der Waals surface area contributed by atoms with E-state index >= 15 is 0 Å². The van der Waals surface area contributed by atoms with E-state index in [1.807, 2.05) is 55.5 Å². The number of rotatable bonds is 4. The molecule has 5 nitrogen and oxygen atoms in total. The van der Waals surface area contributed by atoms with E-state index in [-0.39, 0.29) is 5.91 Å². The first kappa shape index (κ1) is 16.1. The van der Waals surface area contributed by atoms with Gasteiger partial charge in [-0.3, -0.25) is 4.79 Å². The van der Waals surface area contributed by atoms with Crippen LogP contribution in [-0.2, 0) is 0 Å². The predicted octanol–water partition coefficient (Wildman–Crippen LogP) is 4.54. The van der Waals surface area contributed by atoms with Crippen LogP contribution in [0.2, 0.25) is 0 Å². The summed E-state index contributed by atoms with van der Waals surface area (Å²) in [7, 11) is 0. The summed E-state index contributed by atoms with van der Waals surface area (Å²) in [6.07, 6.45) is 1.37. The second-order valence-corrected chi connectivity index (χ2v) is 6.05. The van der Waals surface area contributed by atoms with Gasteiger partial charge in [-0.15, -0.1) is 0 Å². The summed E-state index contributed by atoms with van der Waals surface area (Å²) in [4.78, 5) is 20.6. The number of nitrogens with one attached hydrogen (secondary N) is 2. The van der Waals surface area contributed by atoms with Crippen LogP contribution in [0.1, 0.15) is 16.1 Å². The fourth-order valence-corrected chi connectivity index (χ4v) is 2.46. The first-order valence-electron chi connectivity index (χ1n) is 7.33. The van der Waals surface area contributed by atoms with Crippen molar-refractivity contribution in [2.75, 3.05) is 10.6 Å². The third kappa shape index (κ3) is 3.97. The number of hydrogen-bond donors (Lipinski definition) is 2. The number of anilines is 3. The van der Waals surface area contributed by atoms with Gasteiger partial charge < -0.3 is 10.6 Å². The van der Waals surface area contributed by atoms with Gasteiger partial charge in [0.25, 0.3) is 5.91 Å². The Morgan fingerprint density at radius 1 is 1.00 bits per heavy atom. The molecule has 1 amide bonds. The molecule has 6 heteroatoms. The molecule has 0 aliphatic rings. The minimum Gasteiger partial charge on any atom is -0.340 e. The second kappa shape index (κ2) is 7.23. The molecule has 120 valence electrons. The number of amides is 1. The van der Waals surface area contributed by atoms with Crippen molar-refractivity contribution in [1.29, 1.82) is 0 Å². The lowest BCUT2D eigenvalue weighted by molar-refractivity contribution is 0.102. The molecule has 0 saturated heterocycles. The van der Waals surface area contributed by atoms with Gasteiger partial charge in [-0.2, -0.15) is 0 Å². The van der Waals surface area contributed by atoms with Gasteiger partial charge in [-0.1, -0.05) is 40.2 Å². The second-order valence-electron chi connectivity index (χ2n) is 5.20. The SMILES string of the molecule is Cc1ccc(NC(=O)c2cc(Nc3ccccc3)ncn2)cc1Br. The van der Waals surface area contributed by atoms with Gasteiger partial charge in [0.05, 0.1) is 0 Å². The highest BCUT2D eigenvalue weighted by atomic mass is 79.9. The van der Waals surface area contributed by atoms with Crippen LogP contribution in [-0.4, -0.2) is 15.9 Å². The topological polar surface area (TPSA) is 66.9 Å². The normalized spacial score (nSPS) is 10.2. The van der Waals surface area contributed by atoms with Crippen molar-refractivity contribution >= 4 is 39.0 Å². The standard InChI is InChI=1S/C18H15BrN4O/c1-12-7-8-14(9-15(12)19)23-18(24)16-10-17(21-11-20-16)22-13-5-3-2-4-6-13/h2-11H,1H3,(H,23,24)(H,20,21,22). The number of aromatic nitrogens is 2. The lowest BCUT2D eigenvalue weighted by atomic mass is 10.2. The predicted molar refractivity (Wildman–Crippen MR) is 98.6 cm³/mol. The Labute approximate surface area is 148 Å². The van der Waals surface area contributed by atoms with Crippen LogP contribution in [0.15, 0.2) is 65.4 Å². The summed E-state index contributed by atoms with van der Waals surface area (Å²) in [5.74, 6) is 0.274. The maximum Gasteiger partial charge on any atom is 0.274 e. The number of nitrogens with zero attached hydrogens (tertiary/aromatic N) is 2. The van der Waals surface area contributed by atoms with E-state index in [0.717, 1.165) is 15.7 Å². The quantitative estimate of drug-likeness (QED) is 0.694. The Bertz CT molecular complexity index is 868. The smallest absolute Gasteiger partial charge is 0.274 e. The molecule has 0 aliphatic heterocycles. The third-order valence-electron chi connectivity index (χ3n) is 3.38. The van der Waals surface area contributed by atoms with Crippen LogP contribution in [0, 0.1) is 6.92 Å². The van der Waals surface area contributed by atoms with E-state index in [1.54, 1.807) is 6.07 Å².